The smallest absolute Gasteiger partial charge is 0.426 e. The fourth-order valence-electron chi connectivity index (χ4n) is 7.18. The van der Waals surface area contributed by atoms with E-state index in [0.29, 0.717) is 45.2 Å². The van der Waals surface area contributed by atoms with Crippen molar-refractivity contribution in [2.24, 2.45) is 0 Å². The van der Waals surface area contributed by atoms with Crippen LogP contribution in [-0.2, 0) is 11.2 Å². The largest absolute Gasteiger partial charge is 0.519 e. The molecule has 8 rings (SSSR count). The summed E-state index contributed by atoms with van der Waals surface area (Å²) in [4.78, 5) is 67.5. The second-order valence-electron chi connectivity index (χ2n) is 12.7. The molecule has 2 aliphatic heterocycles. The van der Waals surface area contributed by atoms with Gasteiger partial charge in [0.05, 0.1) is 26.1 Å². The Morgan fingerprint density at radius 3 is 1.96 bits per heavy atom. The molecule has 0 aliphatic carbocycles. The number of ether oxygens (including phenoxy) is 3. The van der Waals surface area contributed by atoms with Crippen LogP contribution in [0, 0.1) is 10.1 Å². The molecule has 0 saturated heterocycles. The van der Waals surface area contributed by atoms with Crippen LogP contribution in [0.2, 0.25) is 0 Å². The third-order valence-corrected chi connectivity index (χ3v) is 10.9. The number of fused-ring (bicyclic) bond motifs is 6. The Balaban J connectivity index is 0.00000237. The number of nitro groups is 1. The number of rotatable bonds is 7. The average molecular weight is 813 g/mol. The number of benzene rings is 5. The zero-order valence-electron chi connectivity index (χ0n) is 29.8. The number of alkyl halides is 2. The molecule has 56 heavy (non-hydrogen) atoms. The molecule has 0 bridgehead atoms. The van der Waals surface area contributed by atoms with Gasteiger partial charge >= 0.3 is 12.1 Å². The first kappa shape index (κ1) is 38.3. The van der Waals surface area contributed by atoms with E-state index in [2.05, 4.69) is 11.6 Å². The van der Waals surface area contributed by atoms with Gasteiger partial charge in [0.1, 0.15) is 17.2 Å². The molecule has 12 nitrogen and oxygen atoms in total. The monoisotopic (exact) mass is 811 g/mol. The number of amides is 2. The van der Waals surface area contributed by atoms with Gasteiger partial charge in [0.15, 0.2) is 0 Å². The van der Waals surface area contributed by atoms with Gasteiger partial charge in [0, 0.05) is 73.2 Å². The van der Waals surface area contributed by atoms with Gasteiger partial charge in [-0.3, -0.25) is 24.5 Å². The van der Waals surface area contributed by atoms with Crippen LogP contribution in [0.25, 0.3) is 21.5 Å². The first-order chi connectivity index (χ1) is 27.1. The molecule has 0 N–H and O–H groups in total. The van der Waals surface area contributed by atoms with Crippen molar-refractivity contribution in [1.82, 2.24) is 0 Å². The van der Waals surface area contributed by atoms with Gasteiger partial charge in [-0.15, -0.1) is 34.5 Å². The standard InChI is InChI=1S/C40H28ClN3O9S.CH3Cl/c1-22(45)51-33-18-31-27(26-6-2-3-7-28(26)33)16-17-42(31)38(46)35-14-15-36(54-35)39(47)43-21-23(20-41)37-30-9-5-4-8-29(30)34(19-32(37)43)53-40(48)52-25-12-10-24(11-13-25)44(49)50;1-2/h2-15,18-19,23H,16-17,20-21H2,1H3;1H3. The molecule has 3 heterocycles. The molecule has 15 heteroatoms. The van der Waals surface area contributed by atoms with Crippen molar-refractivity contribution in [3.63, 3.8) is 0 Å². The first-order valence-corrected chi connectivity index (χ1v) is 19.3. The zero-order chi connectivity index (χ0) is 39.7. The topological polar surface area (TPSA) is 146 Å². The summed E-state index contributed by atoms with van der Waals surface area (Å²) in [7, 11) is 0. The highest BCUT2D eigenvalue weighted by Crippen LogP contribution is 2.47. The molecule has 0 saturated carbocycles. The molecule has 2 amide bonds. The van der Waals surface area contributed by atoms with Gasteiger partial charge in [0.2, 0.25) is 0 Å². The number of nitro benzene ring substituents is 1. The number of esters is 1. The van der Waals surface area contributed by atoms with E-state index in [0.717, 1.165) is 38.6 Å². The van der Waals surface area contributed by atoms with Crippen LogP contribution >= 0.6 is 34.5 Å². The summed E-state index contributed by atoms with van der Waals surface area (Å²) >= 11 is 12.2. The highest BCUT2D eigenvalue weighted by Gasteiger charge is 2.37. The normalized spacial score (nSPS) is 14.1. The third-order valence-electron chi connectivity index (χ3n) is 9.50. The number of thiophene rings is 1. The Morgan fingerprint density at radius 1 is 0.768 bits per heavy atom. The van der Waals surface area contributed by atoms with Crippen molar-refractivity contribution >= 4 is 97.1 Å². The molecular weight excluding hydrogens is 781 g/mol. The number of carbonyl (C=O) groups excluding carboxylic acids is 4. The molecule has 0 spiro atoms. The van der Waals surface area contributed by atoms with Crippen LogP contribution in [0.1, 0.15) is 43.3 Å². The molecule has 0 radical (unpaired) electrons. The Hall–Kier alpha value is -6.02. The summed E-state index contributed by atoms with van der Waals surface area (Å²) in [5, 5.41) is 14.0. The van der Waals surface area contributed by atoms with Crippen molar-refractivity contribution in [3.05, 3.63) is 128 Å². The molecule has 2 aliphatic rings. The predicted octanol–water partition coefficient (Wildman–Crippen LogP) is 9.51. The maximum atomic E-state index is 14.2. The van der Waals surface area contributed by atoms with E-state index in [1.807, 2.05) is 36.4 Å². The van der Waals surface area contributed by atoms with Gasteiger partial charge < -0.3 is 24.0 Å². The number of hydrogen-bond donors (Lipinski definition) is 0. The molecular formula is C41H31Cl2N3O9S. The van der Waals surface area contributed by atoms with Crippen molar-refractivity contribution in [3.8, 4) is 17.2 Å². The van der Waals surface area contributed by atoms with Gasteiger partial charge in [-0.1, -0.05) is 48.5 Å². The van der Waals surface area contributed by atoms with E-state index in [1.165, 1.54) is 37.6 Å². The summed E-state index contributed by atoms with van der Waals surface area (Å²) in [5.74, 6) is -0.561. The van der Waals surface area contributed by atoms with Crippen molar-refractivity contribution in [2.75, 3.05) is 35.2 Å². The quantitative estimate of drug-likeness (QED) is 0.0384. The van der Waals surface area contributed by atoms with E-state index >= 15 is 0 Å². The highest BCUT2D eigenvalue weighted by molar-refractivity contribution is 7.16. The van der Waals surface area contributed by atoms with Crippen LogP contribution in [0.5, 0.6) is 17.2 Å². The minimum atomic E-state index is -1.07. The van der Waals surface area contributed by atoms with Crippen LogP contribution in [0.3, 0.4) is 0 Å². The Labute approximate surface area is 333 Å². The van der Waals surface area contributed by atoms with Crippen LogP contribution < -0.4 is 24.0 Å². The predicted molar refractivity (Wildman–Crippen MR) is 216 cm³/mol. The fourth-order valence-corrected chi connectivity index (χ4v) is 8.33. The Bertz CT molecular complexity index is 2560. The lowest BCUT2D eigenvalue weighted by atomic mass is 9.95. The molecule has 6 aromatic rings. The SMILES string of the molecule is CC(=O)Oc1cc2c(c3ccccc13)CCN2C(=O)c1ccc(C(=O)N2CC(CCl)c3c2cc(OC(=O)Oc2ccc([N+](=O)[O-])cc2)c2ccccc32)s1.CCl. The lowest BCUT2D eigenvalue weighted by molar-refractivity contribution is -0.384. The van der Waals surface area contributed by atoms with Crippen LogP contribution in [0.4, 0.5) is 21.9 Å². The van der Waals surface area contributed by atoms with Gasteiger partial charge in [-0.25, -0.2) is 4.79 Å². The summed E-state index contributed by atoms with van der Waals surface area (Å²) in [5.41, 5.74) is 2.79. The van der Waals surface area contributed by atoms with Crippen LogP contribution in [0.15, 0.2) is 97.1 Å². The van der Waals surface area contributed by atoms with Gasteiger partial charge in [-0.2, -0.15) is 0 Å². The first-order valence-electron chi connectivity index (χ1n) is 17.2. The molecule has 1 aromatic heterocycles. The number of hydrogen-bond acceptors (Lipinski definition) is 10. The fraction of sp³-hybridized carbons (Fsp3) is 0.171. The van der Waals surface area contributed by atoms with Gasteiger partial charge in [-0.05, 0) is 52.6 Å². The van der Waals surface area contributed by atoms with E-state index in [1.54, 1.807) is 46.2 Å². The number of non-ortho nitro benzene ring substituents is 1. The Morgan fingerprint density at radius 2 is 1.34 bits per heavy atom. The van der Waals surface area contributed by atoms with Gasteiger partial charge in [0.25, 0.3) is 17.5 Å². The lowest BCUT2D eigenvalue weighted by Gasteiger charge is -2.19. The second kappa shape index (κ2) is 16.0. The zero-order valence-corrected chi connectivity index (χ0v) is 32.2. The number of halogens is 2. The van der Waals surface area contributed by atoms with Crippen molar-refractivity contribution in [2.45, 2.75) is 19.3 Å². The van der Waals surface area contributed by atoms with Crippen molar-refractivity contribution in [1.29, 1.82) is 0 Å². The maximum Gasteiger partial charge on any atom is 0.519 e. The molecule has 0 fully saturated rings. The van der Waals surface area contributed by atoms with Crippen LogP contribution in [-0.4, -0.2) is 54.2 Å². The summed E-state index contributed by atoms with van der Waals surface area (Å²) in [6.07, 6.45) is 1.01. The van der Waals surface area contributed by atoms with E-state index < -0.39 is 17.0 Å². The van der Waals surface area contributed by atoms with E-state index in [9.17, 15) is 29.3 Å². The highest BCUT2D eigenvalue weighted by atomic mass is 35.5. The summed E-state index contributed by atoms with van der Waals surface area (Å²) in [6, 6.07) is 26.4. The summed E-state index contributed by atoms with van der Waals surface area (Å²) < 4.78 is 16.5. The lowest BCUT2D eigenvalue weighted by Crippen LogP contribution is -2.29. The molecule has 1 atom stereocenters. The molecule has 1 unspecified atom stereocenters. The third kappa shape index (κ3) is 7.12. The second-order valence-corrected chi connectivity index (χ2v) is 14.1. The minimum absolute atomic E-state index is 0.0497. The number of anilines is 2. The minimum Gasteiger partial charge on any atom is -0.426 e. The maximum absolute atomic E-state index is 14.2. The summed E-state index contributed by atoms with van der Waals surface area (Å²) in [6.45, 7) is 2.01. The average Bonchev–Trinajstić information content (AvgIpc) is 3.96. The Kier molecular flexibility index (Phi) is 10.9. The van der Waals surface area contributed by atoms with Crippen molar-refractivity contribution < 1.29 is 38.3 Å². The number of nitrogens with zero attached hydrogens (tertiary/aromatic N) is 3. The van der Waals surface area contributed by atoms with E-state index in [-0.39, 0.29) is 47.3 Å². The molecule has 284 valence electrons. The number of carbonyl (C=O) groups is 4. The van der Waals surface area contributed by atoms with E-state index in [4.69, 9.17) is 25.8 Å². The molecule has 5 aromatic carbocycles.